The molecule has 2 nitrogen and oxygen atoms in total. The van der Waals surface area contributed by atoms with E-state index in [2.05, 4.69) is 244 Å². The topological polar surface area (TPSA) is 16.4 Å². The first-order chi connectivity index (χ1) is 32.1. The first-order valence-corrected chi connectivity index (χ1v) is 23.2. The van der Waals surface area contributed by atoms with Crippen molar-refractivity contribution in [2.75, 3.05) is 4.90 Å². The Morgan fingerprint density at radius 3 is 1.52 bits per heavy atom. The highest BCUT2D eigenvalue weighted by molar-refractivity contribution is 6.65. The third-order valence-electron chi connectivity index (χ3n) is 14.8. The quantitative estimate of drug-likeness (QED) is 0.229. The summed E-state index contributed by atoms with van der Waals surface area (Å²) < 4.78 is 6.70. The molecule has 1 heterocycles. The number of furan rings is 1. The summed E-state index contributed by atoms with van der Waals surface area (Å²) in [4.78, 5) is 2.59. The van der Waals surface area contributed by atoms with Crippen molar-refractivity contribution < 1.29 is 4.42 Å². The lowest BCUT2D eigenvalue weighted by atomic mass is 9.62. The summed E-state index contributed by atoms with van der Waals surface area (Å²) in [5, 5.41) is 7.12. The summed E-state index contributed by atoms with van der Waals surface area (Å²) >= 11 is 0. The highest BCUT2D eigenvalue weighted by Crippen LogP contribution is 2.41. The fraction of sp³-hybridized carbons (Fsp3) is 0. The van der Waals surface area contributed by atoms with Crippen molar-refractivity contribution in [2.24, 2.45) is 0 Å². The Morgan fingerprint density at radius 2 is 0.833 bits per heavy atom. The summed E-state index contributed by atoms with van der Waals surface area (Å²) in [5.74, 6) is 0. The second kappa shape index (κ2) is 16.4. The fourth-order valence-corrected chi connectivity index (χ4v) is 11.0. The second-order valence-corrected chi connectivity index (χ2v) is 18.2. The zero-order chi connectivity index (χ0) is 45.4. The van der Waals surface area contributed by atoms with E-state index in [4.69, 9.17) is 4.42 Å². The number of fused-ring (bicyclic) bond motifs is 6. The second-order valence-electron chi connectivity index (χ2n) is 18.2. The Hall–Kier alpha value is -7.16. The van der Waals surface area contributed by atoms with Crippen molar-refractivity contribution in [1.82, 2.24) is 0 Å². The van der Waals surface area contributed by atoms with Gasteiger partial charge in [-0.05, 0) is 84.9 Å². The van der Waals surface area contributed by atoms with Crippen LogP contribution in [0.15, 0.2) is 180 Å². The van der Waals surface area contributed by atoms with Gasteiger partial charge in [0.2, 0.25) is 0 Å². The molecule has 0 bridgehead atoms. The normalized spacial score (nSPS) is 11.5. The summed E-state index contributed by atoms with van der Waals surface area (Å²) in [6, 6.07) is 63.9. The molecule has 0 amide bonds. The predicted octanol–water partition coefficient (Wildman–Crippen LogP) is 2.10. The van der Waals surface area contributed by atoms with Crippen LogP contribution in [0.4, 0.5) is 17.1 Å². The lowest BCUT2D eigenvalue weighted by Gasteiger charge is -2.37. The van der Waals surface area contributed by atoms with Gasteiger partial charge in [-0.25, -0.2) is 0 Å². The highest BCUT2D eigenvalue weighted by Gasteiger charge is 2.27. The third kappa shape index (κ3) is 6.60. The molecule has 0 fully saturated rings. The van der Waals surface area contributed by atoms with Crippen LogP contribution in [0.2, 0.25) is 0 Å². The molecule has 10 heteroatoms. The molecule has 11 aromatic rings. The maximum Gasteiger partial charge on any atom is 0.143 e. The molecule has 10 aromatic carbocycles. The molecule has 0 aliphatic rings. The van der Waals surface area contributed by atoms with Gasteiger partial charge < -0.3 is 9.32 Å². The monoisotopic (exact) mass is 835 g/mol. The van der Waals surface area contributed by atoms with Crippen LogP contribution in [0, 0.1) is 0 Å². The van der Waals surface area contributed by atoms with Crippen molar-refractivity contribution in [3.8, 4) is 44.5 Å². The minimum atomic E-state index is 0.897. The first-order valence-electron chi connectivity index (χ1n) is 23.2. The zero-order valence-corrected chi connectivity index (χ0v) is 39.1. The molecule has 0 saturated heterocycles. The Labute approximate surface area is 394 Å². The number of hydrogen-bond acceptors (Lipinski definition) is 2. The van der Waals surface area contributed by atoms with Crippen LogP contribution >= 0.6 is 0 Å². The standard InChI is InChI=1S/C56H45B8NO/c57-46-43(34-25-23-31(24-26-34)30-11-2-1-3-12-30)47(58)51(62)54(50(46)61)65(55-52(63)48(59)45(49(60)53(55)64)40-21-9-15-32-13-4-6-18-37(32)40)36-17-8-16-35(29-36)38-20-10-22-42-44(38)41-28-27-33-14-5-7-19-39(33)56(41)66-42/h1-29H,57-64H2. The van der Waals surface area contributed by atoms with Crippen molar-refractivity contribution in [1.29, 1.82) is 0 Å². The lowest BCUT2D eigenvalue weighted by Crippen LogP contribution is -2.50. The van der Waals surface area contributed by atoms with Crippen LogP contribution < -0.4 is 48.6 Å². The molecule has 11 rings (SSSR count). The number of anilines is 3. The predicted molar refractivity (Wildman–Crippen MR) is 311 cm³/mol. The van der Waals surface area contributed by atoms with E-state index in [0.717, 1.165) is 44.1 Å². The molecule has 0 atom stereocenters. The summed E-state index contributed by atoms with van der Waals surface area (Å²) in [6.45, 7) is 0. The molecule has 0 aliphatic carbocycles. The Kier molecular flexibility index (Phi) is 10.3. The Balaban J connectivity index is 1.14. The SMILES string of the molecule is Bc1c(B)c(N(c2cccc(-c3cccc4oc5c6ccccc6ccc5c34)c2)c2c(B)c(B)c(-c3cccc4ccccc34)c(B)c2B)c(B)c(B)c1-c1ccc(-c2ccccc2)cc1. The number of nitrogens with zero attached hydrogens (tertiary/aromatic N) is 1. The maximum absolute atomic E-state index is 6.70. The van der Waals surface area contributed by atoms with Gasteiger partial charge in [0, 0.05) is 33.2 Å². The van der Waals surface area contributed by atoms with Crippen molar-refractivity contribution in [2.45, 2.75) is 0 Å². The molecule has 66 heavy (non-hydrogen) atoms. The zero-order valence-electron chi connectivity index (χ0n) is 39.1. The minimum Gasteiger partial charge on any atom is -0.455 e. The van der Waals surface area contributed by atoms with Crippen LogP contribution in [-0.4, -0.2) is 62.8 Å². The summed E-state index contributed by atoms with van der Waals surface area (Å²) in [6.07, 6.45) is 0. The van der Waals surface area contributed by atoms with E-state index in [9.17, 15) is 0 Å². The van der Waals surface area contributed by atoms with Crippen LogP contribution in [0.25, 0.3) is 88.0 Å². The Bertz CT molecular complexity index is 3690. The van der Waals surface area contributed by atoms with Crippen molar-refractivity contribution in [3.63, 3.8) is 0 Å². The van der Waals surface area contributed by atoms with Gasteiger partial charge in [0.1, 0.15) is 73.9 Å². The van der Waals surface area contributed by atoms with E-state index in [0.29, 0.717) is 0 Å². The van der Waals surface area contributed by atoms with Gasteiger partial charge in [-0.3, -0.25) is 0 Å². The van der Waals surface area contributed by atoms with Gasteiger partial charge in [0.25, 0.3) is 0 Å². The number of rotatable bonds is 7. The van der Waals surface area contributed by atoms with Crippen molar-refractivity contribution in [3.05, 3.63) is 176 Å². The fourth-order valence-electron chi connectivity index (χ4n) is 11.0. The molecule has 0 saturated carbocycles. The number of hydrogen-bond donors (Lipinski definition) is 0. The molecular weight excluding hydrogens is 789 g/mol. The number of benzene rings is 10. The van der Waals surface area contributed by atoms with Gasteiger partial charge in [-0.1, -0.05) is 195 Å². The molecule has 1 aromatic heterocycles. The van der Waals surface area contributed by atoms with E-state index in [1.165, 1.54) is 105 Å². The van der Waals surface area contributed by atoms with Crippen LogP contribution in [-0.2, 0) is 0 Å². The van der Waals surface area contributed by atoms with Crippen molar-refractivity contribution >= 4 is 167 Å². The average Bonchev–Trinajstić information content (AvgIpc) is 3.75. The molecule has 0 spiro atoms. The molecule has 0 N–H and O–H groups in total. The van der Waals surface area contributed by atoms with E-state index in [1.807, 2.05) is 0 Å². The average molecular weight is 834 g/mol. The van der Waals surface area contributed by atoms with Gasteiger partial charge in [0.15, 0.2) is 0 Å². The molecule has 304 valence electrons. The summed E-state index contributed by atoms with van der Waals surface area (Å²) in [7, 11) is 18.6. The van der Waals surface area contributed by atoms with Gasteiger partial charge in [-0.15, -0.1) is 0 Å². The minimum absolute atomic E-state index is 0.897. The smallest absolute Gasteiger partial charge is 0.143 e. The summed E-state index contributed by atoms with van der Waals surface area (Å²) in [5.41, 5.74) is 25.6. The van der Waals surface area contributed by atoms with E-state index < -0.39 is 0 Å². The van der Waals surface area contributed by atoms with Crippen LogP contribution in [0.3, 0.4) is 0 Å². The van der Waals surface area contributed by atoms with E-state index in [1.54, 1.807) is 0 Å². The van der Waals surface area contributed by atoms with Gasteiger partial charge in [-0.2, -0.15) is 0 Å². The molecule has 0 radical (unpaired) electrons. The van der Waals surface area contributed by atoms with E-state index in [-0.39, 0.29) is 0 Å². The van der Waals surface area contributed by atoms with Gasteiger partial charge in [0.05, 0.1) is 0 Å². The molecular formula is C56H45B8NO. The Morgan fingerprint density at radius 1 is 0.333 bits per heavy atom. The van der Waals surface area contributed by atoms with E-state index >= 15 is 0 Å². The van der Waals surface area contributed by atoms with Crippen LogP contribution in [0.1, 0.15) is 0 Å². The highest BCUT2D eigenvalue weighted by atomic mass is 16.3. The van der Waals surface area contributed by atoms with Gasteiger partial charge >= 0.3 is 0 Å². The molecule has 0 aliphatic heterocycles. The largest absolute Gasteiger partial charge is 0.455 e. The first kappa shape index (κ1) is 41.5. The lowest BCUT2D eigenvalue weighted by molar-refractivity contribution is 0.673. The van der Waals surface area contributed by atoms with Crippen LogP contribution in [0.5, 0.6) is 0 Å². The molecule has 0 unspecified atom stereocenters. The third-order valence-corrected chi connectivity index (χ3v) is 14.8. The maximum atomic E-state index is 6.70.